The Morgan fingerprint density at radius 3 is 2.31 bits per heavy atom. The van der Waals surface area contributed by atoms with Crippen LogP contribution in [0.2, 0.25) is 0 Å². The minimum absolute atomic E-state index is 0.0190. The van der Waals surface area contributed by atoms with Crippen LogP contribution in [-0.4, -0.2) is 71.1 Å². The Hall–Kier alpha value is -3.34. The second kappa shape index (κ2) is 11.9. The molecule has 2 rings (SSSR count). The second-order valence-corrected chi connectivity index (χ2v) is 10.3. The van der Waals surface area contributed by atoms with Crippen molar-refractivity contribution in [1.82, 2.24) is 4.90 Å². The monoisotopic (exact) mass is 506 g/mol. The van der Waals surface area contributed by atoms with Gasteiger partial charge in [0.2, 0.25) is 5.91 Å². The van der Waals surface area contributed by atoms with Crippen LogP contribution in [0.15, 0.2) is 30.9 Å². The highest BCUT2D eigenvalue weighted by atomic mass is 32.2. The summed E-state index contributed by atoms with van der Waals surface area (Å²) in [4.78, 5) is 63.4. The lowest BCUT2D eigenvalue weighted by molar-refractivity contribution is -0.120. The van der Waals surface area contributed by atoms with Gasteiger partial charge in [-0.2, -0.15) is 0 Å². The molecular weight excluding hydrogens is 476 g/mol. The zero-order valence-electron chi connectivity index (χ0n) is 20.4. The first-order valence-corrected chi connectivity index (χ1v) is 11.7. The van der Waals surface area contributed by atoms with Gasteiger partial charge in [-0.05, 0) is 45.4 Å². The van der Waals surface area contributed by atoms with Crippen molar-refractivity contribution < 1.29 is 38.2 Å². The molecule has 1 aliphatic rings. The summed E-state index contributed by atoms with van der Waals surface area (Å²) in [6, 6.07) is 3.06. The maximum Gasteiger partial charge on any atom is 0.411 e. The number of nitrogens with one attached hydrogen (secondary N) is 1. The smallest absolute Gasteiger partial charge is 0.411 e. The highest BCUT2D eigenvalue weighted by molar-refractivity contribution is 8.14. The number of hydrogen-bond donors (Lipinski definition) is 1. The average molecular weight is 507 g/mol. The molecule has 190 valence electrons. The molecule has 2 unspecified atom stereocenters. The standard InChI is InChI=1S/C24H30N2O8S/c1-7-8-33-22(30)16-9-15(21(29)32-6)10-17(11-16)25-20(28)19-12-18(35-14(2)27)13-26(19)23(31)34-24(3,4)5/h7,9-11,18-19H,1,8,12-13H2,2-6H3,(H,25,28). The summed E-state index contributed by atoms with van der Waals surface area (Å²) >= 11 is 1.05. The number of esters is 2. The third-order valence-corrected chi connectivity index (χ3v) is 5.72. The van der Waals surface area contributed by atoms with Crippen LogP contribution in [0.1, 0.15) is 54.8 Å². The Morgan fingerprint density at radius 2 is 1.77 bits per heavy atom. The lowest BCUT2D eigenvalue weighted by Gasteiger charge is -2.28. The lowest BCUT2D eigenvalue weighted by atomic mass is 10.1. The molecule has 35 heavy (non-hydrogen) atoms. The predicted molar refractivity (Wildman–Crippen MR) is 130 cm³/mol. The quantitative estimate of drug-likeness (QED) is 0.336. The third kappa shape index (κ3) is 8.13. The molecule has 2 atom stereocenters. The molecule has 0 aromatic heterocycles. The van der Waals surface area contributed by atoms with Crippen molar-refractivity contribution >= 4 is 46.5 Å². The topological polar surface area (TPSA) is 128 Å². The van der Waals surface area contributed by atoms with Crippen molar-refractivity contribution in [2.75, 3.05) is 25.6 Å². The summed E-state index contributed by atoms with van der Waals surface area (Å²) in [5, 5.41) is 2.24. The highest BCUT2D eigenvalue weighted by Crippen LogP contribution is 2.30. The van der Waals surface area contributed by atoms with Crippen molar-refractivity contribution in [3.05, 3.63) is 42.0 Å². The van der Waals surface area contributed by atoms with Crippen molar-refractivity contribution in [2.24, 2.45) is 0 Å². The molecule has 0 bridgehead atoms. The molecule has 1 N–H and O–H groups in total. The Morgan fingerprint density at radius 1 is 1.14 bits per heavy atom. The molecule has 11 heteroatoms. The van der Waals surface area contributed by atoms with E-state index in [1.807, 2.05) is 0 Å². The van der Waals surface area contributed by atoms with Gasteiger partial charge in [0.15, 0.2) is 5.12 Å². The number of thioether (sulfide) groups is 1. The molecule has 1 aliphatic heterocycles. The van der Waals surface area contributed by atoms with Gasteiger partial charge in [-0.1, -0.05) is 24.4 Å². The molecular formula is C24H30N2O8S. The van der Waals surface area contributed by atoms with Gasteiger partial charge in [0.25, 0.3) is 0 Å². The third-order valence-electron chi connectivity index (χ3n) is 4.72. The molecule has 0 aliphatic carbocycles. The fourth-order valence-corrected chi connectivity index (χ4v) is 4.37. The number of likely N-dealkylation sites (tertiary alicyclic amines) is 1. The number of hydrogen-bond acceptors (Lipinski definition) is 9. The Bertz CT molecular complexity index is 1020. The molecule has 1 aromatic rings. The lowest BCUT2D eigenvalue weighted by Crippen LogP contribution is -2.45. The molecule has 0 radical (unpaired) electrons. The Labute approximate surface area is 208 Å². The van der Waals surface area contributed by atoms with E-state index in [1.165, 1.54) is 43.2 Å². The first-order valence-electron chi connectivity index (χ1n) is 10.8. The number of anilines is 1. The number of methoxy groups -OCH3 is 1. The number of benzene rings is 1. The summed E-state index contributed by atoms with van der Waals surface area (Å²) < 4.78 is 15.2. The highest BCUT2D eigenvalue weighted by Gasteiger charge is 2.42. The van der Waals surface area contributed by atoms with Gasteiger partial charge in [0.1, 0.15) is 18.2 Å². The maximum atomic E-state index is 13.2. The summed E-state index contributed by atoms with van der Waals surface area (Å²) in [6.07, 6.45) is 0.938. The van der Waals surface area contributed by atoms with E-state index in [4.69, 9.17) is 14.2 Å². The number of ether oxygens (including phenoxy) is 3. The Balaban J connectivity index is 2.33. The molecule has 2 amide bonds. The van der Waals surface area contributed by atoms with Crippen LogP contribution < -0.4 is 5.32 Å². The van der Waals surface area contributed by atoms with E-state index in [2.05, 4.69) is 11.9 Å². The van der Waals surface area contributed by atoms with E-state index in [0.717, 1.165) is 11.8 Å². The van der Waals surface area contributed by atoms with Crippen LogP contribution in [-0.2, 0) is 23.8 Å². The van der Waals surface area contributed by atoms with Gasteiger partial charge in [0, 0.05) is 24.4 Å². The van der Waals surface area contributed by atoms with Crippen molar-refractivity contribution in [1.29, 1.82) is 0 Å². The summed E-state index contributed by atoms with van der Waals surface area (Å²) in [5.41, 5.74) is -0.601. The number of amides is 2. The molecule has 1 saturated heterocycles. The maximum absolute atomic E-state index is 13.2. The normalized spacial score (nSPS) is 17.3. The van der Waals surface area contributed by atoms with Crippen LogP contribution in [0.4, 0.5) is 10.5 Å². The van der Waals surface area contributed by atoms with Crippen LogP contribution in [0.3, 0.4) is 0 Å². The van der Waals surface area contributed by atoms with Crippen molar-refractivity contribution in [2.45, 2.75) is 51.0 Å². The first-order chi connectivity index (χ1) is 16.3. The summed E-state index contributed by atoms with van der Waals surface area (Å²) in [6.45, 7) is 10.1. The average Bonchev–Trinajstić information content (AvgIpc) is 3.19. The van der Waals surface area contributed by atoms with E-state index < -0.39 is 35.6 Å². The summed E-state index contributed by atoms with van der Waals surface area (Å²) in [5.74, 6) is -2.00. The number of carbonyl (C=O) groups is 5. The van der Waals surface area contributed by atoms with E-state index in [9.17, 15) is 24.0 Å². The van der Waals surface area contributed by atoms with Gasteiger partial charge in [-0.25, -0.2) is 14.4 Å². The number of carbonyl (C=O) groups excluding carboxylic acids is 5. The van der Waals surface area contributed by atoms with Crippen LogP contribution in [0, 0.1) is 0 Å². The largest absolute Gasteiger partial charge is 0.465 e. The minimum Gasteiger partial charge on any atom is -0.465 e. The fourth-order valence-electron chi connectivity index (χ4n) is 3.39. The SMILES string of the molecule is C=CCOC(=O)c1cc(NC(=O)C2CC(SC(C)=O)CN2C(=O)OC(C)(C)C)cc(C(=O)OC)c1. The first kappa shape index (κ1) is 27.9. The molecule has 10 nitrogen and oxygen atoms in total. The predicted octanol–water partition coefficient (Wildman–Crippen LogP) is 3.41. The van der Waals surface area contributed by atoms with Crippen LogP contribution in [0.5, 0.6) is 0 Å². The second-order valence-electron chi connectivity index (χ2n) is 8.78. The summed E-state index contributed by atoms with van der Waals surface area (Å²) in [7, 11) is 1.19. The van der Waals surface area contributed by atoms with Crippen molar-refractivity contribution in [3.8, 4) is 0 Å². The minimum atomic E-state index is -0.931. The van der Waals surface area contributed by atoms with E-state index in [-0.39, 0.29) is 46.8 Å². The van der Waals surface area contributed by atoms with E-state index >= 15 is 0 Å². The zero-order valence-corrected chi connectivity index (χ0v) is 21.2. The van der Waals surface area contributed by atoms with Crippen LogP contribution >= 0.6 is 11.8 Å². The van der Waals surface area contributed by atoms with E-state index in [1.54, 1.807) is 20.8 Å². The van der Waals surface area contributed by atoms with Gasteiger partial charge in [-0.3, -0.25) is 14.5 Å². The number of rotatable bonds is 7. The van der Waals surface area contributed by atoms with Gasteiger partial charge in [-0.15, -0.1) is 0 Å². The Kier molecular flexibility index (Phi) is 9.47. The van der Waals surface area contributed by atoms with E-state index in [0.29, 0.717) is 0 Å². The van der Waals surface area contributed by atoms with Gasteiger partial charge >= 0.3 is 18.0 Å². The van der Waals surface area contributed by atoms with Crippen molar-refractivity contribution in [3.63, 3.8) is 0 Å². The number of nitrogens with zero attached hydrogens (tertiary/aromatic N) is 1. The molecule has 0 saturated carbocycles. The van der Waals surface area contributed by atoms with Gasteiger partial charge in [0.05, 0.1) is 18.2 Å². The zero-order chi connectivity index (χ0) is 26.3. The fraction of sp³-hybridized carbons (Fsp3) is 0.458. The molecule has 0 spiro atoms. The molecule has 1 aromatic carbocycles. The molecule has 1 fully saturated rings. The molecule has 1 heterocycles. The van der Waals surface area contributed by atoms with Gasteiger partial charge < -0.3 is 19.5 Å². The van der Waals surface area contributed by atoms with Crippen LogP contribution in [0.25, 0.3) is 0 Å².